The molecule has 0 unspecified atom stereocenters. The van der Waals surface area contributed by atoms with E-state index in [-0.39, 0.29) is 11.9 Å². The molecule has 1 aromatic heterocycles. The van der Waals surface area contributed by atoms with Gasteiger partial charge in [-0.25, -0.2) is 4.79 Å². The van der Waals surface area contributed by atoms with Gasteiger partial charge in [-0.05, 0) is 47.7 Å². The highest BCUT2D eigenvalue weighted by molar-refractivity contribution is 7.12. The predicted octanol–water partition coefficient (Wildman–Crippen LogP) is 4.60. The first-order valence-corrected chi connectivity index (χ1v) is 9.72. The van der Waals surface area contributed by atoms with Crippen LogP contribution in [0.4, 0.5) is 21.9 Å². The van der Waals surface area contributed by atoms with E-state index in [1.807, 2.05) is 41.8 Å². The summed E-state index contributed by atoms with van der Waals surface area (Å²) in [6.07, 6.45) is 0.808. The molecule has 0 spiro atoms. The number of anilines is 3. The van der Waals surface area contributed by atoms with Gasteiger partial charge in [0.05, 0.1) is 12.0 Å². The van der Waals surface area contributed by atoms with Crippen molar-refractivity contribution in [1.29, 1.82) is 0 Å². The molecule has 0 radical (unpaired) electrons. The lowest BCUT2D eigenvalue weighted by molar-refractivity contribution is 0.0993. The highest BCUT2D eigenvalue weighted by Crippen LogP contribution is 2.32. The van der Waals surface area contributed by atoms with Crippen LogP contribution < -0.4 is 20.3 Å². The van der Waals surface area contributed by atoms with Gasteiger partial charge < -0.3 is 20.3 Å². The average Bonchev–Trinajstić information content (AvgIpc) is 3.37. The van der Waals surface area contributed by atoms with Gasteiger partial charge in [-0.2, -0.15) is 0 Å². The maximum Gasteiger partial charge on any atom is 0.323 e. The normalized spacial score (nSPS) is 12.4. The van der Waals surface area contributed by atoms with Gasteiger partial charge in [0.25, 0.3) is 5.91 Å². The maximum atomic E-state index is 12.7. The first-order valence-electron chi connectivity index (χ1n) is 8.84. The molecule has 1 aliphatic heterocycles. The number of thiophene rings is 1. The van der Waals surface area contributed by atoms with Crippen LogP contribution in [0.15, 0.2) is 60.0 Å². The topological polar surface area (TPSA) is 70.7 Å². The quantitative estimate of drug-likeness (QED) is 0.680. The molecule has 0 bridgehead atoms. The van der Waals surface area contributed by atoms with Crippen LogP contribution in [-0.4, -0.2) is 25.6 Å². The highest BCUT2D eigenvalue weighted by Gasteiger charge is 2.26. The summed E-state index contributed by atoms with van der Waals surface area (Å²) in [6.45, 7) is 0.644. The molecule has 3 amide bonds. The molecule has 7 heteroatoms. The number of urea groups is 1. The summed E-state index contributed by atoms with van der Waals surface area (Å²) in [7, 11) is 1.58. The van der Waals surface area contributed by atoms with Crippen molar-refractivity contribution in [2.75, 3.05) is 29.2 Å². The Bertz CT molecular complexity index is 1020. The van der Waals surface area contributed by atoms with Crippen LogP contribution in [0.3, 0.4) is 0 Å². The van der Waals surface area contributed by atoms with Crippen molar-refractivity contribution in [2.45, 2.75) is 6.42 Å². The lowest BCUT2D eigenvalue weighted by atomic mass is 10.1. The van der Waals surface area contributed by atoms with Gasteiger partial charge in [0, 0.05) is 29.7 Å². The number of fused-ring (bicyclic) bond motifs is 1. The van der Waals surface area contributed by atoms with Crippen molar-refractivity contribution in [2.24, 2.45) is 0 Å². The smallest absolute Gasteiger partial charge is 0.323 e. The Balaban J connectivity index is 1.48. The molecule has 2 heterocycles. The van der Waals surface area contributed by atoms with Crippen LogP contribution in [0.25, 0.3) is 0 Å². The van der Waals surface area contributed by atoms with Gasteiger partial charge in [-0.3, -0.25) is 4.79 Å². The van der Waals surface area contributed by atoms with E-state index in [2.05, 4.69) is 10.6 Å². The second kappa shape index (κ2) is 7.74. The lowest BCUT2D eigenvalue weighted by Crippen LogP contribution is -2.28. The van der Waals surface area contributed by atoms with E-state index in [9.17, 15) is 9.59 Å². The van der Waals surface area contributed by atoms with E-state index in [4.69, 9.17) is 4.74 Å². The van der Waals surface area contributed by atoms with Gasteiger partial charge in [-0.15, -0.1) is 11.3 Å². The number of nitrogens with one attached hydrogen (secondary N) is 2. The van der Waals surface area contributed by atoms with Crippen LogP contribution >= 0.6 is 11.3 Å². The van der Waals surface area contributed by atoms with Crippen molar-refractivity contribution in [3.05, 3.63) is 70.4 Å². The molecule has 0 saturated carbocycles. The minimum absolute atomic E-state index is 0.00766. The third kappa shape index (κ3) is 3.70. The van der Waals surface area contributed by atoms with Crippen molar-refractivity contribution >= 4 is 40.3 Å². The second-order valence-corrected chi connectivity index (χ2v) is 7.29. The minimum Gasteiger partial charge on any atom is -0.497 e. The predicted molar refractivity (Wildman–Crippen MR) is 112 cm³/mol. The Kier molecular flexibility index (Phi) is 4.99. The van der Waals surface area contributed by atoms with Gasteiger partial charge in [0.15, 0.2) is 0 Å². The first kappa shape index (κ1) is 18.1. The maximum absolute atomic E-state index is 12.7. The number of carbonyl (C=O) groups excluding carboxylic acids is 2. The van der Waals surface area contributed by atoms with Crippen molar-refractivity contribution in [3.8, 4) is 5.75 Å². The standard InChI is InChI=1S/C21H19N3O3S/c1-27-17-5-2-4-15(12-17)22-21(26)23-16-8-7-14-9-10-24(18(14)13-16)20(25)19-6-3-11-28-19/h2-8,11-13H,9-10H2,1H3,(H2,22,23,26). The molecule has 0 saturated heterocycles. The molecule has 4 rings (SSSR count). The summed E-state index contributed by atoms with van der Waals surface area (Å²) in [6, 6.07) is 16.1. The fourth-order valence-corrected chi connectivity index (χ4v) is 3.87. The highest BCUT2D eigenvalue weighted by atomic mass is 32.1. The monoisotopic (exact) mass is 393 g/mol. The Hall–Kier alpha value is -3.32. The molecule has 0 aliphatic carbocycles. The number of nitrogens with zero attached hydrogens (tertiary/aromatic N) is 1. The average molecular weight is 393 g/mol. The van der Waals surface area contributed by atoms with Crippen LogP contribution in [0.5, 0.6) is 5.75 Å². The van der Waals surface area contributed by atoms with Crippen molar-refractivity contribution in [1.82, 2.24) is 0 Å². The summed E-state index contributed by atoms with van der Waals surface area (Å²) in [5.74, 6) is 0.657. The molecule has 0 atom stereocenters. The second-order valence-electron chi connectivity index (χ2n) is 6.34. The fourth-order valence-electron chi connectivity index (χ4n) is 3.20. The van der Waals surface area contributed by atoms with E-state index in [1.165, 1.54) is 11.3 Å². The van der Waals surface area contributed by atoms with Gasteiger partial charge in [0.2, 0.25) is 0 Å². The van der Waals surface area contributed by atoms with Crippen molar-refractivity contribution in [3.63, 3.8) is 0 Å². The fraction of sp³-hybridized carbons (Fsp3) is 0.143. The molecular weight excluding hydrogens is 374 g/mol. The number of benzene rings is 2. The van der Waals surface area contributed by atoms with Gasteiger partial charge in [-0.1, -0.05) is 18.2 Å². The van der Waals surface area contributed by atoms with E-state index in [0.717, 1.165) is 17.7 Å². The SMILES string of the molecule is COc1cccc(NC(=O)Nc2ccc3c(c2)N(C(=O)c2cccs2)CC3)c1. The molecule has 3 aromatic rings. The van der Waals surface area contributed by atoms with Crippen LogP contribution in [0, 0.1) is 0 Å². The molecule has 0 fully saturated rings. The first-order chi connectivity index (χ1) is 13.6. The largest absolute Gasteiger partial charge is 0.497 e. The molecule has 142 valence electrons. The zero-order chi connectivity index (χ0) is 19.5. The van der Waals surface area contributed by atoms with Gasteiger partial charge in [0.1, 0.15) is 5.75 Å². The molecule has 2 aromatic carbocycles. The van der Waals surface area contributed by atoms with Crippen molar-refractivity contribution < 1.29 is 14.3 Å². The summed E-state index contributed by atoms with van der Waals surface area (Å²) < 4.78 is 5.16. The Morgan fingerprint density at radius 1 is 1.04 bits per heavy atom. The van der Waals surface area contributed by atoms with E-state index < -0.39 is 0 Å². The third-order valence-electron chi connectivity index (χ3n) is 4.54. The van der Waals surface area contributed by atoms with Crippen LogP contribution in [0.1, 0.15) is 15.2 Å². The zero-order valence-electron chi connectivity index (χ0n) is 15.3. The number of methoxy groups -OCH3 is 1. The number of ether oxygens (including phenoxy) is 1. The Morgan fingerprint density at radius 2 is 1.86 bits per heavy atom. The van der Waals surface area contributed by atoms with Gasteiger partial charge >= 0.3 is 6.03 Å². The third-order valence-corrected chi connectivity index (χ3v) is 5.40. The summed E-state index contributed by atoms with van der Waals surface area (Å²) in [4.78, 5) is 27.6. The lowest BCUT2D eigenvalue weighted by Gasteiger charge is -2.17. The molecule has 1 aliphatic rings. The Morgan fingerprint density at radius 3 is 2.61 bits per heavy atom. The summed E-state index contributed by atoms with van der Waals surface area (Å²) >= 11 is 1.43. The van der Waals surface area contributed by atoms with E-state index >= 15 is 0 Å². The number of hydrogen-bond donors (Lipinski definition) is 2. The molecular formula is C21H19N3O3S. The zero-order valence-corrected chi connectivity index (χ0v) is 16.1. The summed E-state index contributed by atoms with van der Waals surface area (Å²) in [5.41, 5.74) is 3.21. The molecule has 28 heavy (non-hydrogen) atoms. The molecule has 6 nitrogen and oxygen atoms in total. The van der Waals surface area contributed by atoms with E-state index in [0.29, 0.717) is 28.5 Å². The minimum atomic E-state index is -0.359. The number of carbonyl (C=O) groups is 2. The number of amides is 3. The van der Waals surface area contributed by atoms with E-state index in [1.54, 1.807) is 30.2 Å². The Labute approximate surface area is 166 Å². The number of hydrogen-bond acceptors (Lipinski definition) is 4. The molecule has 2 N–H and O–H groups in total. The van der Waals surface area contributed by atoms with Crippen LogP contribution in [-0.2, 0) is 6.42 Å². The van der Waals surface area contributed by atoms with Crippen LogP contribution in [0.2, 0.25) is 0 Å². The summed E-state index contributed by atoms with van der Waals surface area (Å²) in [5, 5.41) is 7.50. The number of rotatable bonds is 4.